The van der Waals surface area contributed by atoms with Gasteiger partial charge in [-0.1, -0.05) is 0 Å². The van der Waals surface area contributed by atoms with Gasteiger partial charge in [0.05, 0.1) is 18.7 Å². The Bertz CT molecular complexity index is 411. The molecule has 0 radical (unpaired) electrons. The van der Waals surface area contributed by atoms with Gasteiger partial charge in [0.1, 0.15) is 5.82 Å². The molecule has 1 amide bonds. The Morgan fingerprint density at radius 3 is 2.76 bits per heavy atom. The van der Waals surface area contributed by atoms with Crippen LogP contribution in [0, 0.1) is 11.6 Å². The normalized spacial score (nSPS) is 10.1. The fourth-order valence-electron chi connectivity index (χ4n) is 1.19. The molecular weight excluding hydrogens is 230 g/mol. The first-order chi connectivity index (χ1) is 8.04. The number of nitrogens with one attached hydrogen (secondary N) is 1. The second kappa shape index (κ2) is 6.03. The molecule has 0 fully saturated rings. The second-order valence-corrected chi connectivity index (χ2v) is 3.36. The van der Waals surface area contributed by atoms with Gasteiger partial charge in [-0.05, 0) is 6.92 Å². The van der Waals surface area contributed by atoms with Gasteiger partial charge in [0.15, 0.2) is 11.6 Å². The summed E-state index contributed by atoms with van der Waals surface area (Å²) < 4.78 is 31.2. The van der Waals surface area contributed by atoms with Crippen LogP contribution in [0.4, 0.5) is 14.5 Å². The Hall–Kier alpha value is -1.85. The van der Waals surface area contributed by atoms with Crippen LogP contribution in [0.15, 0.2) is 12.1 Å². The lowest BCUT2D eigenvalue weighted by atomic mass is 10.3. The van der Waals surface area contributed by atoms with E-state index in [1.165, 1.54) is 0 Å². The number of nitrogens with two attached hydrogens (primary N) is 1. The molecule has 0 saturated heterocycles. The highest BCUT2D eigenvalue weighted by Gasteiger charge is 2.09. The summed E-state index contributed by atoms with van der Waals surface area (Å²) in [5.74, 6) is -1.95. The van der Waals surface area contributed by atoms with Crippen molar-refractivity contribution < 1.29 is 18.3 Å². The largest absolute Gasteiger partial charge is 0.490 e. The lowest BCUT2D eigenvalue weighted by Gasteiger charge is -2.08. The summed E-state index contributed by atoms with van der Waals surface area (Å²) in [7, 11) is 0. The van der Waals surface area contributed by atoms with Crippen LogP contribution in [0.3, 0.4) is 0 Å². The van der Waals surface area contributed by atoms with Crippen molar-refractivity contribution in [1.82, 2.24) is 5.32 Å². The fraction of sp³-hybridized carbons (Fsp3) is 0.364. The molecule has 0 atom stereocenters. The maximum atomic E-state index is 13.2. The standard InChI is InChI=1S/C11H14F2N2O2/c1-2-15-11(16)3-4-17-10-6-7(12)9(14)5-8(10)13/h5-6H,2-4,14H2,1H3,(H,15,16). The zero-order valence-electron chi connectivity index (χ0n) is 9.43. The van der Waals surface area contributed by atoms with Gasteiger partial charge in [-0.25, -0.2) is 8.78 Å². The van der Waals surface area contributed by atoms with Gasteiger partial charge in [0.2, 0.25) is 5.91 Å². The number of halogens is 2. The number of anilines is 1. The van der Waals surface area contributed by atoms with Gasteiger partial charge >= 0.3 is 0 Å². The van der Waals surface area contributed by atoms with Crippen molar-refractivity contribution in [3.63, 3.8) is 0 Å². The number of rotatable bonds is 5. The van der Waals surface area contributed by atoms with Gasteiger partial charge in [-0.15, -0.1) is 0 Å². The number of hydrogen-bond acceptors (Lipinski definition) is 3. The van der Waals surface area contributed by atoms with E-state index in [4.69, 9.17) is 10.5 Å². The van der Waals surface area contributed by atoms with Gasteiger partial charge in [-0.2, -0.15) is 0 Å². The highest BCUT2D eigenvalue weighted by atomic mass is 19.1. The molecular formula is C11H14F2N2O2. The van der Waals surface area contributed by atoms with E-state index in [1.807, 2.05) is 0 Å². The average molecular weight is 244 g/mol. The summed E-state index contributed by atoms with van der Waals surface area (Å²) in [6.45, 7) is 2.28. The number of amides is 1. The first-order valence-electron chi connectivity index (χ1n) is 5.18. The van der Waals surface area contributed by atoms with E-state index >= 15 is 0 Å². The highest BCUT2D eigenvalue weighted by Crippen LogP contribution is 2.22. The molecule has 0 aliphatic heterocycles. The maximum Gasteiger partial charge on any atom is 0.223 e. The number of ether oxygens (including phenoxy) is 1. The predicted octanol–water partition coefficient (Wildman–Crippen LogP) is 1.45. The third-order valence-corrected chi connectivity index (χ3v) is 2.01. The molecule has 1 rings (SSSR count). The van der Waals surface area contributed by atoms with E-state index in [0.717, 1.165) is 12.1 Å². The highest BCUT2D eigenvalue weighted by molar-refractivity contribution is 5.75. The van der Waals surface area contributed by atoms with Crippen LogP contribution in [-0.2, 0) is 4.79 Å². The lowest BCUT2D eigenvalue weighted by molar-refractivity contribution is -0.121. The minimum atomic E-state index is -0.751. The van der Waals surface area contributed by atoms with Crippen molar-refractivity contribution in [1.29, 1.82) is 0 Å². The number of carbonyl (C=O) groups is 1. The molecule has 1 aromatic carbocycles. The number of nitrogen functional groups attached to an aromatic ring is 1. The van der Waals surface area contributed by atoms with Gasteiger partial charge in [-0.3, -0.25) is 4.79 Å². The molecule has 0 aliphatic carbocycles. The topological polar surface area (TPSA) is 64.3 Å². The van der Waals surface area contributed by atoms with Crippen LogP contribution in [0.5, 0.6) is 5.75 Å². The molecule has 94 valence electrons. The molecule has 0 unspecified atom stereocenters. The van der Waals surface area contributed by atoms with Crippen molar-refractivity contribution in [2.75, 3.05) is 18.9 Å². The minimum absolute atomic E-state index is 0.0217. The van der Waals surface area contributed by atoms with Crippen molar-refractivity contribution in [2.45, 2.75) is 13.3 Å². The quantitative estimate of drug-likeness (QED) is 0.770. The SMILES string of the molecule is CCNC(=O)CCOc1cc(F)c(N)cc1F. The average Bonchev–Trinajstić information content (AvgIpc) is 2.26. The van der Waals surface area contributed by atoms with E-state index in [1.54, 1.807) is 6.92 Å². The molecule has 0 spiro atoms. The fourth-order valence-corrected chi connectivity index (χ4v) is 1.19. The number of hydrogen-bond donors (Lipinski definition) is 2. The molecule has 0 bridgehead atoms. The smallest absolute Gasteiger partial charge is 0.223 e. The van der Waals surface area contributed by atoms with E-state index in [9.17, 15) is 13.6 Å². The molecule has 0 saturated carbocycles. The van der Waals surface area contributed by atoms with Crippen LogP contribution in [0.1, 0.15) is 13.3 Å². The molecule has 4 nitrogen and oxygen atoms in total. The van der Waals surface area contributed by atoms with Crippen LogP contribution in [0.2, 0.25) is 0 Å². The molecule has 0 aromatic heterocycles. The van der Waals surface area contributed by atoms with Crippen LogP contribution in [-0.4, -0.2) is 19.1 Å². The summed E-state index contributed by atoms with van der Waals surface area (Å²) >= 11 is 0. The van der Waals surface area contributed by atoms with E-state index < -0.39 is 11.6 Å². The lowest BCUT2D eigenvalue weighted by Crippen LogP contribution is -2.24. The summed E-state index contributed by atoms with van der Waals surface area (Å²) in [4.78, 5) is 11.1. The second-order valence-electron chi connectivity index (χ2n) is 3.36. The number of carbonyl (C=O) groups excluding carboxylic acids is 1. The molecule has 6 heteroatoms. The van der Waals surface area contributed by atoms with Crippen LogP contribution >= 0.6 is 0 Å². The molecule has 17 heavy (non-hydrogen) atoms. The molecule has 0 heterocycles. The Labute approximate surface area is 97.8 Å². The van der Waals surface area contributed by atoms with Crippen LogP contribution < -0.4 is 15.8 Å². The van der Waals surface area contributed by atoms with Crippen molar-refractivity contribution in [2.24, 2.45) is 0 Å². The van der Waals surface area contributed by atoms with Crippen molar-refractivity contribution in [3.8, 4) is 5.75 Å². The summed E-state index contributed by atoms with van der Waals surface area (Å²) in [5.41, 5.74) is 4.89. The Balaban J connectivity index is 2.52. The molecule has 1 aromatic rings. The number of benzene rings is 1. The Kier molecular flexibility index (Phi) is 4.68. The van der Waals surface area contributed by atoms with Gasteiger partial charge in [0, 0.05) is 18.7 Å². The van der Waals surface area contributed by atoms with Crippen molar-refractivity contribution >= 4 is 11.6 Å². The first kappa shape index (κ1) is 13.2. The van der Waals surface area contributed by atoms with E-state index in [0.29, 0.717) is 6.54 Å². The van der Waals surface area contributed by atoms with Gasteiger partial charge < -0.3 is 15.8 Å². The van der Waals surface area contributed by atoms with E-state index in [2.05, 4.69) is 5.32 Å². The Morgan fingerprint density at radius 1 is 1.41 bits per heavy atom. The maximum absolute atomic E-state index is 13.2. The Morgan fingerprint density at radius 2 is 2.12 bits per heavy atom. The summed E-state index contributed by atoms with van der Waals surface area (Å²) in [5, 5.41) is 2.56. The van der Waals surface area contributed by atoms with Crippen LogP contribution in [0.25, 0.3) is 0 Å². The van der Waals surface area contributed by atoms with Crippen molar-refractivity contribution in [3.05, 3.63) is 23.8 Å². The summed E-state index contributed by atoms with van der Waals surface area (Å²) in [6.07, 6.45) is 0.0826. The third-order valence-electron chi connectivity index (χ3n) is 2.01. The molecule has 0 aliphatic rings. The zero-order chi connectivity index (χ0) is 12.8. The monoisotopic (exact) mass is 244 g/mol. The first-order valence-corrected chi connectivity index (χ1v) is 5.18. The zero-order valence-corrected chi connectivity index (χ0v) is 9.43. The van der Waals surface area contributed by atoms with Gasteiger partial charge in [0.25, 0.3) is 0 Å². The third kappa shape index (κ3) is 3.90. The van der Waals surface area contributed by atoms with E-state index in [-0.39, 0.29) is 30.4 Å². The molecule has 3 N–H and O–H groups in total. The summed E-state index contributed by atoms with van der Waals surface area (Å²) in [6, 6.07) is 1.71. The minimum Gasteiger partial charge on any atom is -0.490 e. The predicted molar refractivity (Wildman–Crippen MR) is 59.6 cm³/mol.